The molecular formula is C22H21NO2. The highest BCUT2D eigenvalue weighted by Crippen LogP contribution is 2.21. The number of hydrogen-bond donors (Lipinski definition) is 1. The molecule has 0 aliphatic rings. The van der Waals surface area contributed by atoms with E-state index in [2.05, 4.69) is 5.32 Å². The first kappa shape index (κ1) is 16.8. The first-order chi connectivity index (χ1) is 12.2. The molecule has 3 heteroatoms. The van der Waals surface area contributed by atoms with Gasteiger partial charge in [0.05, 0.1) is 0 Å². The zero-order valence-electron chi connectivity index (χ0n) is 14.2. The number of amides is 1. The molecule has 3 nitrogen and oxygen atoms in total. The Hall–Kier alpha value is -3.07. The zero-order valence-corrected chi connectivity index (χ0v) is 14.2. The number of hydrogen-bond acceptors (Lipinski definition) is 2. The van der Waals surface area contributed by atoms with Crippen LogP contribution in [0.3, 0.4) is 0 Å². The second kappa shape index (κ2) is 8.15. The average Bonchev–Trinajstić information content (AvgIpc) is 2.64. The van der Waals surface area contributed by atoms with E-state index in [0.29, 0.717) is 12.1 Å². The molecule has 0 saturated carbocycles. The van der Waals surface area contributed by atoms with E-state index in [1.165, 1.54) is 0 Å². The van der Waals surface area contributed by atoms with E-state index in [-0.39, 0.29) is 5.91 Å². The van der Waals surface area contributed by atoms with E-state index in [4.69, 9.17) is 4.74 Å². The molecule has 3 aromatic rings. The van der Waals surface area contributed by atoms with Gasteiger partial charge in [-0.2, -0.15) is 0 Å². The number of ether oxygens (including phenoxy) is 1. The van der Waals surface area contributed by atoms with Crippen LogP contribution >= 0.6 is 0 Å². The second-order valence-electron chi connectivity index (χ2n) is 5.93. The number of nitrogens with one attached hydrogen (secondary N) is 1. The Balaban J connectivity index is 1.48. The van der Waals surface area contributed by atoms with E-state index in [1.54, 1.807) is 0 Å². The van der Waals surface area contributed by atoms with Crippen LogP contribution in [0, 0.1) is 6.92 Å². The first-order valence-electron chi connectivity index (χ1n) is 8.37. The SMILES string of the molecule is Cc1ccc(C(=O)NCCc2ccc(Oc3ccccc3)cc2)cc1. The summed E-state index contributed by atoms with van der Waals surface area (Å²) in [6.45, 7) is 2.61. The Bertz CT molecular complexity index is 809. The maximum atomic E-state index is 12.1. The Morgan fingerprint density at radius 1 is 0.840 bits per heavy atom. The summed E-state index contributed by atoms with van der Waals surface area (Å²) in [6, 6.07) is 25.2. The van der Waals surface area contributed by atoms with Crippen molar-refractivity contribution < 1.29 is 9.53 Å². The van der Waals surface area contributed by atoms with Crippen LogP contribution in [0.1, 0.15) is 21.5 Å². The molecule has 0 saturated heterocycles. The third-order valence-corrected chi connectivity index (χ3v) is 3.92. The van der Waals surface area contributed by atoms with E-state index in [1.807, 2.05) is 85.8 Å². The highest BCUT2D eigenvalue weighted by Gasteiger charge is 2.04. The van der Waals surface area contributed by atoms with Crippen LogP contribution < -0.4 is 10.1 Å². The fraction of sp³-hybridized carbons (Fsp3) is 0.136. The summed E-state index contributed by atoms with van der Waals surface area (Å²) in [5, 5.41) is 2.95. The van der Waals surface area contributed by atoms with Crippen molar-refractivity contribution in [3.63, 3.8) is 0 Å². The summed E-state index contributed by atoms with van der Waals surface area (Å²) in [4.78, 5) is 12.1. The van der Waals surface area contributed by atoms with E-state index >= 15 is 0 Å². The van der Waals surface area contributed by atoms with Gasteiger partial charge in [-0.3, -0.25) is 4.79 Å². The number of benzene rings is 3. The summed E-state index contributed by atoms with van der Waals surface area (Å²) in [6.07, 6.45) is 0.781. The minimum Gasteiger partial charge on any atom is -0.457 e. The molecule has 0 aliphatic carbocycles. The predicted octanol–water partition coefficient (Wildman–Crippen LogP) is 4.76. The summed E-state index contributed by atoms with van der Waals surface area (Å²) >= 11 is 0. The minimum absolute atomic E-state index is 0.0379. The van der Waals surface area contributed by atoms with E-state index in [0.717, 1.165) is 29.0 Å². The van der Waals surface area contributed by atoms with Gasteiger partial charge in [0.25, 0.3) is 5.91 Å². The molecule has 0 heterocycles. The number of carbonyl (C=O) groups is 1. The quantitative estimate of drug-likeness (QED) is 0.707. The third-order valence-electron chi connectivity index (χ3n) is 3.92. The first-order valence-corrected chi connectivity index (χ1v) is 8.37. The Morgan fingerprint density at radius 3 is 2.16 bits per heavy atom. The lowest BCUT2D eigenvalue weighted by Gasteiger charge is -2.08. The van der Waals surface area contributed by atoms with Crippen LogP contribution in [0.5, 0.6) is 11.5 Å². The van der Waals surface area contributed by atoms with E-state index < -0.39 is 0 Å². The number of para-hydroxylation sites is 1. The Morgan fingerprint density at radius 2 is 1.48 bits per heavy atom. The highest BCUT2D eigenvalue weighted by atomic mass is 16.5. The molecule has 0 radical (unpaired) electrons. The van der Waals surface area contributed by atoms with Gasteiger partial charge in [-0.1, -0.05) is 48.0 Å². The number of carbonyl (C=O) groups excluding carboxylic acids is 1. The van der Waals surface area contributed by atoms with Crippen molar-refractivity contribution in [2.75, 3.05) is 6.54 Å². The summed E-state index contributed by atoms with van der Waals surface area (Å²) in [5.74, 6) is 1.59. The number of aryl methyl sites for hydroxylation is 1. The lowest BCUT2D eigenvalue weighted by atomic mass is 10.1. The topological polar surface area (TPSA) is 38.3 Å². The van der Waals surface area contributed by atoms with Crippen molar-refractivity contribution in [2.24, 2.45) is 0 Å². The van der Waals surface area contributed by atoms with Crippen LogP contribution in [-0.4, -0.2) is 12.5 Å². The van der Waals surface area contributed by atoms with Gasteiger partial charge in [0.15, 0.2) is 0 Å². The van der Waals surface area contributed by atoms with Crippen LogP contribution in [0.2, 0.25) is 0 Å². The van der Waals surface area contributed by atoms with Crippen molar-refractivity contribution in [3.05, 3.63) is 95.6 Å². The second-order valence-corrected chi connectivity index (χ2v) is 5.93. The van der Waals surface area contributed by atoms with Crippen molar-refractivity contribution in [1.29, 1.82) is 0 Å². The van der Waals surface area contributed by atoms with E-state index in [9.17, 15) is 4.79 Å². The summed E-state index contributed by atoms with van der Waals surface area (Å²) in [5.41, 5.74) is 3.00. The van der Waals surface area contributed by atoms with Gasteiger partial charge in [-0.25, -0.2) is 0 Å². The fourth-order valence-corrected chi connectivity index (χ4v) is 2.48. The number of rotatable bonds is 6. The van der Waals surface area contributed by atoms with Crippen LogP contribution in [0.15, 0.2) is 78.9 Å². The largest absolute Gasteiger partial charge is 0.457 e. The molecule has 0 atom stereocenters. The zero-order chi connectivity index (χ0) is 17.5. The molecule has 1 amide bonds. The maximum Gasteiger partial charge on any atom is 0.251 e. The molecule has 1 N–H and O–H groups in total. The van der Waals surface area contributed by atoms with Gasteiger partial charge in [0.1, 0.15) is 11.5 Å². The van der Waals surface area contributed by atoms with Crippen molar-refractivity contribution >= 4 is 5.91 Å². The lowest BCUT2D eigenvalue weighted by Crippen LogP contribution is -2.25. The molecule has 0 fully saturated rings. The maximum absolute atomic E-state index is 12.1. The van der Waals surface area contributed by atoms with Gasteiger partial charge in [-0.05, 0) is 55.3 Å². The smallest absolute Gasteiger partial charge is 0.251 e. The third kappa shape index (κ3) is 4.95. The van der Waals surface area contributed by atoms with Crippen LogP contribution in [-0.2, 0) is 6.42 Å². The molecule has 126 valence electrons. The van der Waals surface area contributed by atoms with Crippen molar-refractivity contribution in [2.45, 2.75) is 13.3 Å². The Kier molecular flexibility index (Phi) is 5.47. The highest BCUT2D eigenvalue weighted by molar-refractivity contribution is 5.94. The standard InChI is InChI=1S/C22H21NO2/c1-17-7-11-19(12-8-17)22(24)23-16-15-18-9-13-21(14-10-18)25-20-5-3-2-4-6-20/h2-14H,15-16H2,1H3,(H,23,24). The summed E-state index contributed by atoms with van der Waals surface area (Å²) < 4.78 is 5.77. The predicted molar refractivity (Wildman–Crippen MR) is 100 cm³/mol. The van der Waals surface area contributed by atoms with Gasteiger partial charge < -0.3 is 10.1 Å². The molecular weight excluding hydrogens is 310 g/mol. The van der Waals surface area contributed by atoms with Gasteiger partial charge >= 0.3 is 0 Å². The van der Waals surface area contributed by atoms with Crippen LogP contribution in [0.25, 0.3) is 0 Å². The van der Waals surface area contributed by atoms with Gasteiger partial charge in [0.2, 0.25) is 0 Å². The molecule has 3 rings (SSSR count). The molecule has 0 unspecified atom stereocenters. The molecule has 0 bridgehead atoms. The Labute approximate surface area is 148 Å². The van der Waals surface area contributed by atoms with Crippen molar-refractivity contribution in [3.8, 4) is 11.5 Å². The fourth-order valence-electron chi connectivity index (χ4n) is 2.48. The molecule has 0 aromatic heterocycles. The monoisotopic (exact) mass is 331 g/mol. The van der Waals surface area contributed by atoms with Gasteiger partial charge in [-0.15, -0.1) is 0 Å². The lowest BCUT2D eigenvalue weighted by molar-refractivity contribution is 0.0954. The average molecular weight is 331 g/mol. The molecule has 0 spiro atoms. The molecule has 25 heavy (non-hydrogen) atoms. The minimum atomic E-state index is -0.0379. The summed E-state index contributed by atoms with van der Waals surface area (Å²) in [7, 11) is 0. The van der Waals surface area contributed by atoms with Crippen molar-refractivity contribution in [1.82, 2.24) is 5.32 Å². The van der Waals surface area contributed by atoms with Gasteiger partial charge in [0, 0.05) is 12.1 Å². The molecule has 3 aromatic carbocycles. The van der Waals surface area contributed by atoms with Crippen LogP contribution in [0.4, 0.5) is 0 Å². The normalized spacial score (nSPS) is 10.3. The molecule has 0 aliphatic heterocycles.